The third kappa shape index (κ3) is 2.58. The van der Waals surface area contributed by atoms with Crippen LogP contribution < -0.4 is 0 Å². The average Bonchev–Trinajstić information content (AvgIpc) is 3.17. The van der Waals surface area contributed by atoms with Crippen molar-refractivity contribution in [1.82, 2.24) is 0 Å². The fourth-order valence-corrected chi connectivity index (χ4v) is 3.51. The highest BCUT2D eigenvalue weighted by Crippen LogP contribution is 2.39. The lowest BCUT2D eigenvalue weighted by Gasteiger charge is -2.32. The Morgan fingerprint density at radius 2 is 1.81 bits per heavy atom. The summed E-state index contributed by atoms with van der Waals surface area (Å²) < 4.78 is 12.2. The third-order valence-electron chi connectivity index (χ3n) is 4.71. The molecule has 1 aliphatic carbocycles. The van der Waals surface area contributed by atoms with Gasteiger partial charge in [-0.2, -0.15) is 0 Å². The van der Waals surface area contributed by atoms with Crippen LogP contribution >= 0.6 is 0 Å². The molecule has 1 saturated carbocycles. The van der Waals surface area contributed by atoms with Gasteiger partial charge >= 0.3 is 0 Å². The molecular formula is C17H21NO3. The predicted octanol–water partition coefficient (Wildman–Crippen LogP) is 3.26. The number of hydrogen-bond acceptors (Lipinski definition) is 4. The number of ether oxygens (including phenoxy) is 2. The van der Waals surface area contributed by atoms with Crippen LogP contribution in [0.5, 0.6) is 0 Å². The Kier molecular flexibility index (Phi) is 3.43. The number of hydrogen-bond donors (Lipinski definition) is 0. The normalized spacial score (nSPS) is 31.1. The molecule has 2 atom stereocenters. The third-order valence-corrected chi connectivity index (χ3v) is 4.71. The highest BCUT2D eigenvalue weighted by atomic mass is 16.8. The van der Waals surface area contributed by atoms with Gasteiger partial charge in [-0.25, -0.2) is 0 Å². The van der Waals surface area contributed by atoms with Crippen molar-refractivity contribution in [2.45, 2.75) is 56.5 Å². The van der Waals surface area contributed by atoms with Gasteiger partial charge in [0.15, 0.2) is 11.9 Å². The molecule has 4 nitrogen and oxygen atoms in total. The molecule has 0 aromatic heterocycles. The van der Waals surface area contributed by atoms with Gasteiger partial charge in [-0.1, -0.05) is 41.9 Å². The largest absolute Gasteiger partial charge is 0.389 e. The second kappa shape index (κ2) is 5.43. The Hall–Kier alpha value is -1.39. The molecule has 0 amide bonds. The fourth-order valence-electron chi connectivity index (χ4n) is 3.51. The van der Waals surface area contributed by atoms with Crippen molar-refractivity contribution in [2.75, 3.05) is 6.61 Å². The number of nitrogens with zero attached hydrogens (tertiary/aromatic N) is 1. The molecule has 4 heteroatoms. The van der Waals surface area contributed by atoms with Crippen molar-refractivity contribution >= 4 is 5.71 Å². The van der Waals surface area contributed by atoms with E-state index in [9.17, 15) is 0 Å². The molecule has 21 heavy (non-hydrogen) atoms. The van der Waals surface area contributed by atoms with Crippen LogP contribution in [0.1, 0.15) is 44.1 Å². The summed E-state index contributed by atoms with van der Waals surface area (Å²) >= 11 is 0. The molecule has 1 aromatic rings. The lowest BCUT2D eigenvalue weighted by molar-refractivity contribution is -0.197. The van der Waals surface area contributed by atoms with Crippen molar-refractivity contribution in [3.8, 4) is 0 Å². The molecule has 3 aliphatic rings. The first-order chi connectivity index (χ1) is 10.3. The monoisotopic (exact) mass is 287 g/mol. The zero-order chi connectivity index (χ0) is 14.1. The smallest absolute Gasteiger partial charge is 0.169 e. The molecule has 0 radical (unpaired) electrons. The van der Waals surface area contributed by atoms with Crippen molar-refractivity contribution < 1.29 is 14.3 Å². The number of benzene rings is 1. The first-order valence-electron chi connectivity index (χ1n) is 7.95. The fraction of sp³-hybridized carbons (Fsp3) is 0.588. The maximum Gasteiger partial charge on any atom is 0.169 e. The van der Waals surface area contributed by atoms with E-state index in [0.29, 0.717) is 6.61 Å². The van der Waals surface area contributed by atoms with Crippen LogP contribution in [0, 0.1) is 0 Å². The minimum Gasteiger partial charge on any atom is -0.389 e. The van der Waals surface area contributed by atoms with Crippen LogP contribution in [0.2, 0.25) is 0 Å². The van der Waals surface area contributed by atoms with Gasteiger partial charge in [-0.3, -0.25) is 0 Å². The van der Waals surface area contributed by atoms with E-state index in [1.54, 1.807) is 0 Å². The van der Waals surface area contributed by atoms with E-state index in [-0.39, 0.29) is 18.0 Å². The quantitative estimate of drug-likeness (QED) is 0.838. The number of rotatable bonds is 2. The topological polar surface area (TPSA) is 40.0 Å². The van der Waals surface area contributed by atoms with Crippen molar-refractivity contribution in [3.05, 3.63) is 35.9 Å². The lowest BCUT2D eigenvalue weighted by atomic mass is 9.94. The van der Waals surface area contributed by atoms with Crippen LogP contribution in [-0.4, -0.2) is 30.3 Å². The maximum atomic E-state index is 6.24. The molecule has 1 spiro atoms. The van der Waals surface area contributed by atoms with Crippen LogP contribution in [0.15, 0.2) is 35.5 Å². The minimum absolute atomic E-state index is 0.00747. The van der Waals surface area contributed by atoms with E-state index >= 15 is 0 Å². The van der Waals surface area contributed by atoms with Crippen molar-refractivity contribution in [1.29, 1.82) is 0 Å². The molecule has 2 heterocycles. The predicted molar refractivity (Wildman–Crippen MR) is 79.1 cm³/mol. The summed E-state index contributed by atoms with van der Waals surface area (Å²) in [5.74, 6) is -0.332. The first kappa shape index (κ1) is 13.3. The average molecular weight is 287 g/mol. The molecule has 1 saturated heterocycles. The second-order valence-corrected chi connectivity index (χ2v) is 6.19. The molecule has 1 aromatic carbocycles. The van der Waals surface area contributed by atoms with E-state index in [0.717, 1.165) is 30.5 Å². The molecule has 112 valence electrons. The molecule has 0 unspecified atom stereocenters. The highest BCUT2D eigenvalue weighted by Gasteiger charge is 2.46. The van der Waals surface area contributed by atoms with E-state index in [1.807, 2.05) is 18.2 Å². The Morgan fingerprint density at radius 3 is 2.62 bits per heavy atom. The van der Waals surface area contributed by atoms with E-state index in [1.165, 1.54) is 19.3 Å². The summed E-state index contributed by atoms with van der Waals surface area (Å²) in [6, 6.07) is 10.2. The first-order valence-corrected chi connectivity index (χ1v) is 7.95. The Balaban J connectivity index is 1.39. The summed E-state index contributed by atoms with van der Waals surface area (Å²) in [5.41, 5.74) is 2.14. The van der Waals surface area contributed by atoms with Crippen LogP contribution in [0.4, 0.5) is 0 Å². The standard InChI is InChI=1S/C17H21NO3/c1-3-7-13(8-4-1)14-11-15(21-18-14)16-12-19-17(20-16)9-5-2-6-10-17/h1,3-4,7-8,15-16H,2,5-6,9-12H2/t15-,16+/m0/s1. The molecule has 0 bridgehead atoms. The van der Waals surface area contributed by atoms with Crippen LogP contribution in [0.25, 0.3) is 0 Å². The Labute approximate surface area is 125 Å². The van der Waals surface area contributed by atoms with Gasteiger partial charge in [-0.05, 0) is 18.4 Å². The Morgan fingerprint density at radius 1 is 1.00 bits per heavy atom. The van der Waals surface area contributed by atoms with Gasteiger partial charge in [-0.15, -0.1) is 0 Å². The molecular weight excluding hydrogens is 266 g/mol. The zero-order valence-electron chi connectivity index (χ0n) is 12.2. The van der Waals surface area contributed by atoms with Crippen molar-refractivity contribution in [2.24, 2.45) is 5.16 Å². The zero-order valence-corrected chi connectivity index (χ0v) is 12.2. The minimum atomic E-state index is -0.332. The summed E-state index contributed by atoms with van der Waals surface area (Å²) in [6.45, 7) is 0.627. The Bertz CT molecular complexity index is 522. The van der Waals surface area contributed by atoms with E-state index in [4.69, 9.17) is 14.3 Å². The van der Waals surface area contributed by atoms with E-state index < -0.39 is 0 Å². The molecule has 0 N–H and O–H groups in total. The van der Waals surface area contributed by atoms with Gasteiger partial charge < -0.3 is 14.3 Å². The van der Waals surface area contributed by atoms with Gasteiger partial charge in [0.2, 0.25) is 0 Å². The second-order valence-electron chi connectivity index (χ2n) is 6.19. The molecule has 2 fully saturated rings. The van der Waals surface area contributed by atoms with Crippen LogP contribution in [-0.2, 0) is 14.3 Å². The van der Waals surface area contributed by atoms with Gasteiger partial charge in [0.25, 0.3) is 0 Å². The van der Waals surface area contributed by atoms with E-state index in [2.05, 4.69) is 17.3 Å². The summed E-state index contributed by atoms with van der Waals surface area (Å²) in [5, 5.41) is 4.25. The summed E-state index contributed by atoms with van der Waals surface area (Å²) in [7, 11) is 0. The molecule has 4 rings (SSSR count). The summed E-state index contributed by atoms with van der Waals surface area (Å²) in [6.07, 6.45) is 6.52. The van der Waals surface area contributed by atoms with Crippen molar-refractivity contribution in [3.63, 3.8) is 0 Å². The van der Waals surface area contributed by atoms with Gasteiger partial charge in [0, 0.05) is 19.3 Å². The van der Waals surface area contributed by atoms with Crippen LogP contribution in [0.3, 0.4) is 0 Å². The lowest BCUT2D eigenvalue weighted by Crippen LogP contribution is -2.36. The van der Waals surface area contributed by atoms with Gasteiger partial charge in [0.05, 0.1) is 12.3 Å². The number of oxime groups is 1. The summed E-state index contributed by atoms with van der Waals surface area (Å²) in [4.78, 5) is 5.62. The van der Waals surface area contributed by atoms with Gasteiger partial charge in [0.1, 0.15) is 6.10 Å². The SMILES string of the molecule is c1ccc(C2=NO[C@H]([C@H]3COC4(CCCCC4)O3)C2)cc1. The highest BCUT2D eigenvalue weighted by molar-refractivity contribution is 6.01. The maximum absolute atomic E-state index is 6.24. The molecule has 2 aliphatic heterocycles.